The van der Waals surface area contributed by atoms with E-state index >= 15 is 0 Å². The Morgan fingerprint density at radius 3 is 2.64 bits per heavy atom. The van der Waals surface area contributed by atoms with Crippen molar-refractivity contribution in [1.82, 2.24) is 10.2 Å². The number of nitrogens with one attached hydrogen (secondary N) is 1. The van der Waals surface area contributed by atoms with Gasteiger partial charge in [-0.15, -0.1) is 0 Å². The van der Waals surface area contributed by atoms with E-state index in [0.29, 0.717) is 6.54 Å². The molecule has 0 unspecified atom stereocenters. The molecule has 3 heteroatoms. The highest BCUT2D eigenvalue weighted by molar-refractivity contribution is 5.73. The summed E-state index contributed by atoms with van der Waals surface area (Å²) in [6.07, 6.45) is 2.21. The van der Waals surface area contributed by atoms with Crippen LogP contribution in [0.3, 0.4) is 0 Å². The summed E-state index contributed by atoms with van der Waals surface area (Å²) in [6, 6.07) is 0.0287. The average Bonchev–Trinajstić information content (AvgIpc) is 2.00. The van der Waals surface area contributed by atoms with Gasteiger partial charge in [-0.05, 0) is 13.3 Å². The predicted molar refractivity (Wildman–Crippen MR) is 48.7 cm³/mol. The zero-order valence-corrected chi connectivity index (χ0v) is 7.68. The summed E-state index contributed by atoms with van der Waals surface area (Å²) in [7, 11) is 1.82. The van der Waals surface area contributed by atoms with Gasteiger partial charge in [-0.3, -0.25) is 0 Å². The molecule has 0 aromatic carbocycles. The lowest BCUT2D eigenvalue weighted by Gasteiger charge is -2.16. The molecule has 0 atom stereocenters. The average molecular weight is 160 g/mol. The maximum absolute atomic E-state index is 11.1. The molecule has 0 aliphatic rings. The fraction of sp³-hybridized carbons (Fsp3) is 0.875. The third-order valence-electron chi connectivity index (χ3n) is 1.52. The van der Waals surface area contributed by atoms with Crippen LogP contribution in [0, 0.1) is 0 Å². The minimum atomic E-state index is 0. The zero-order valence-electron chi connectivity index (χ0n) is 7.68. The van der Waals surface area contributed by atoms with Crippen LogP contribution in [0.15, 0.2) is 0 Å². The standard InChI is InChI=1S/C8H18N2O.H2/c1-4-6-7-10(3)8(11)9-5-2;/h4-7H2,1-3H3,(H,9,11);1H. The number of carbonyl (C=O) groups excluding carboxylic acids is 1. The summed E-state index contributed by atoms with van der Waals surface area (Å²) in [5.74, 6) is 0. The third-order valence-corrected chi connectivity index (χ3v) is 1.52. The number of rotatable bonds is 4. The number of urea groups is 1. The van der Waals surface area contributed by atoms with Crippen LogP contribution in [0.25, 0.3) is 0 Å². The Morgan fingerprint density at radius 1 is 1.55 bits per heavy atom. The summed E-state index contributed by atoms with van der Waals surface area (Å²) < 4.78 is 0. The molecule has 0 spiro atoms. The van der Waals surface area contributed by atoms with Gasteiger partial charge in [0.25, 0.3) is 0 Å². The number of amides is 2. The lowest BCUT2D eigenvalue weighted by Crippen LogP contribution is -2.37. The summed E-state index contributed by atoms with van der Waals surface area (Å²) in [6.45, 7) is 5.59. The Bertz CT molecular complexity index is 120. The molecule has 0 saturated heterocycles. The van der Waals surface area contributed by atoms with E-state index in [-0.39, 0.29) is 7.46 Å². The number of nitrogens with zero attached hydrogens (tertiary/aromatic N) is 1. The Balaban J connectivity index is 0. The van der Waals surface area contributed by atoms with E-state index in [2.05, 4.69) is 12.2 Å². The Hall–Kier alpha value is -0.730. The number of carbonyl (C=O) groups is 1. The summed E-state index contributed by atoms with van der Waals surface area (Å²) in [5.41, 5.74) is 0. The molecular weight excluding hydrogens is 140 g/mol. The van der Waals surface area contributed by atoms with E-state index in [1.54, 1.807) is 4.90 Å². The molecule has 3 nitrogen and oxygen atoms in total. The molecule has 0 aromatic rings. The predicted octanol–water partition coefficient (Wildman–Crippen LogP) is 1.69. The van der Waals surface area contributed by atoms with Crippen LogP contribution < -0.4 is 5.32 Å². The van der Waals surface area contributed by atoms with Gasteiger partial charge in [0.1, 0.15) is 0 Å². The largest absolute Gasteiger partial charge is 0.338 e. The molecule has 0 aliphatic carbocycles. The van der Waals surface area contributed by atoms with Gasteiger partial charge >= 0.3 is 6.03 Å². The molecular formula is C8H20N2O. The van der Waals surface area contributed by atoms with Crippen LogP contribution in [-0.4, -0.2) is 31.1 Å². The molecule has 1 N–H and O–H groups in total. The number of hydrogen-bond donors (Lipinski definition) is 1. The first-order chi connectivity index (χ1) is 5.22. The topological polar surface area (TPSA) is 32.3 Å². The first-order valence-corrected chi connectivity index (χ1v) is 4.21. The molecule has 0 saturated carbocycles. The lowest BCUT2D eigenvalue weighted by atomic mass is 10.3. The highest BCUT2D eigenvalue weighted by Gasteiger charge is 2.03. The molecule has 2 amide bonds. The summed E-state index contributed by atoms with van der Waals surface area (Å²) in [5, 5.41) is 2.74. The molecule has 0 rings (SSSR count). The van der Waals surface area contributed by atoms with E-state index in [1.165, 1.54) is 0 Å². The molecule has 0 heterocycles. The summed E-state index contributed by atoms with van der Waals surface area (Å²) >= 11 is 0. The second kappa shape index (κ2) is 6.01. The van der Waals surface area contributed by atoms with Gasteiger partial charge in [0.05, 0.1) is 0 Å². The molecule has 0 aliphatic heterocycles. The molecule has 68 valence electrons. The quantitative estimate of drug-likeness (QED) is 0.667. The van der Waals surface area contributed by atoms with Crippen molar-refractivity contribution in [1.29, 1.82) is 0 Å². The minimum Gasteiger partial charge on any atom is -0.338 e. The summed E-state index contributed by atoms with van der Waals surface area (Å²) in [4.78, 5) is 12.8. The van der Waals surface area contributed by atoms with Crippen LogP contribution in [0.4, 0.5) is 4.79 Å². The van der Waals surface area contributed by atoms with Crippen LogP contribution in [0.2, 0.25) is 0 Å². The number of unbranched alkanes of at least 4 members (excludes halogenated alkanes) is 1. The monoisotopic (exact) mass is 160 g/mol. The van der Waals surface area contributed by atoms with Crippen LogP contribution in [0.5, 0.6) is 0 Å². The Morgan fingerprint density at radius 2 is 2.18 bits per heavy atom. The zero-order chi connectivity index (χ0) is 8.69. The second-order valence-corrected chi connectivity index (χ2v) is 2.61. The van der Waals surface area contributed by atoms with Gasteiger partial charge in [-0.2, -0.15) is 0 Å². The van der Waals surface area contributed by atoms with Gasteiger partial charge in [-0.1, -0.05) is 13.3 Å². The van der Waals surface area contributed by atoms with Crippen molar-refractivity contribution >= 4 is 6.03 Å². The van der Waals surface area contributed by atoms with Crippen LogP contribution >= 0.6 is 0 Å². The Kier molecular flexibility index (Phi) is 5.61. The molecule has 0 fully saturated rings. The van der Waals surface area contributed by atoms with Crippen LogP contribution in [0.1, 0.15) is 28.1 Å². The highest BCUT2D eigenvalue weighted by Crippen LogP contribution is 1.91. The lowest BCUT2D eigenvalue weighted by molar-refractivity contribution is 0.209. The number of hydrogen-bond acceptors (Lipinski definition) is 1. The SMILES string of the molecule is CCCCN(C)C(=O)NCC.[HH]. The van der Waals surface area contributed by atoms with Gasteiger partial charge in [-0.25, -0.2) is 4.79 Å². The van der Waals surface area contributed by atoms with Crippen molar-refractivity contribution in [3.8, 4) is 0 Å². The van der Waals surface area contributed by atoms with Gasteiger partial charge in [0.15, 0.2) is 0 Å². The van der Waals surface area contributed by atoms with E-state index in [9.17, 15) is 4.79 Å². The highest BCUT2D eigenvalue weighted by atomic mass is 16.2. The van der Waals surface area contributed by atoms with Crippen molar-refractivity contribution in [2.45, 2.75) is 26.7 Å². The van der Waals surface area contributed by atoms with Crippen LogP contribution in [-0.2, 0) is 0 Å². The molecule has 11 heavy (non-hydrogen) atoms. The molecule has 0 radical (unpaired) electrons. The minimum absolute atomic E-state index is 0. The molecule has 0 bridgehead atoms. The van der Waals surface area contributed by atoms with Crippen molar-refractivity contribution in [3.63, 3.8) is 0 Å². The van der Waals surface area contributed by atoms with Crippen molar-refractivity contribution in [3.05, 3.63) is 0 Å². The van der Waals surface area contributed by atoms with E-state index < -0.39 is 0 Å². The fourth-order valence-electron chi connectivity index (χ4n) is 0.783. The first kappa shape index (κ1) is 10.3. The van der Waals surface area contributed by atoms with Crippen molar-refractivity contribution in [2.24, 2.45) is 0 Å². The first-order valence-electron chi connectivity index (χ1n) is 4.21. The smallest absolute Gasteiger partial charge is 0.317 e. The Labute approximate surface area is 70.2 Å². The molecule has 0 aromatic heterocycles. The van der Waals surface area contributed by atoms with Crippen molar-refractivity contribution < 1.29 is 6.22 Å². The van der Waals surface area contributed by atoms with Gasteiger partial charge in [0.2, 0.25) is 0 Å². The van der Waals surface area contributed by atoms with E-state index in [4.69, 9.17) is 0 Å². The third kappa shape index (κ3) is 4.65. The van der Waals surface area contributed by atoms with Gasteiger partial charge in [0, 0.05) is 21.6 Å². The van der Waals surface area contributed by atoms with Crippen molar-refractivity contribution in [2.75, 3.05) is 20.1 Å². The van der Waals surface area contributed by atoms with Gasteiger partial charge < -0.3 is 10.2 Å². The maximum Gasteiger partial charge on any atom is 0.317 e. The fourth-order valence-corrected chi connectivity index (χ4v) is 0.783. The van der Waals surface area contributed by atoms with E-state index in [0.717, 1.165) is 19.4 Å². The maximum atomic E-state index is 11.1. The normalized spacial score (nSPS) is 9.36. The van der Waals surface area contributed by atoms with E-state index in [1.807, 2.05) is 14.0 Å². The second-order valence-electron chi connectivity index (χ2n) is 2.61.